The van der Waals surface area contributed by atoms with Crippen LogP contribution in [0.25, 0.3) is 22.3 Å². The summed E-state index contributed by atoms with van der Waals surface area (Å²) in [5.41, 5.74) is 2.17. The van der Waals surface area contributed by atoms with E-state index in [9.17, 15) is 13.2 Å². The molecule has 0 unspecified atom stereocenters. The highest BCUT2D eigenvalue weighted by atomic mass is 19.1. The summed E-state index contributed by atoms with van der Waals surface area (Å²) in [5, 5.41) is 8.83. The molecule has 3 aromatic carbocycles. The van der Waals surface area contributed by atoms with Gasteiger partial charge in [-0.3, -0.25) is 0 Å². The maximum Gasteiger partial charge on any atom is 0.144 e. The van der Waals surface area contributed by atoms with Crippen molar-refractivity contribution in [1.82, 2.24) is 0 Å². The first-order valence-corrected chi connectivity index (χ1v) is 11.0. The van der Waals surface area contributed by atoms with Gasteiger partial charge >= 0.3 is 0 Å². The lowest BCUT2D eigenvalue weighted by atomic mass is 9.96. The van der Waals surface area contributed by atoms with E-state index in [1.807, 2.05) is 18.2 Å². The Balaban J connectivity index is 1.65. The fourth-order valence-corrected chi connectivity index (χ4v) is 4.50. The van der Waals surface area contributed by atoms with Gasteiger partial charge in [0.1, 0.15) is 34.9 Å². The summed E-state index contributed by atoms with van der Waals surface area (Å²) in [6.45, 7) is 2.18. The molecule has 0 saturated heterocycles. The van der Waals surface area contributed by atoms with Gasteiger partial charge in [0.15, 0.2) is 0 Å². The Morgan fingerprint density at radius 3 is 2.25 bits per heavy atom. The lowest BCUT2D eigenvalue weighted by molar-refractivity contribution is 0.571. The van der Waals surface area contributed by atoms with E-state index in [0.29, 0.717) is 17.5 Å². The van der Waals surface area contributed by atoms with E-state index in [0.717, 1.165) is 36.1 Å². The number of nitrogens with zero attached hydrogens (tertiary/aromatic N) is 1. The molecule has 0 aliphatic heterocycles. The third-order valence-corrected chi connectivity index (χ3v) is 6.16. The minimum Gasteiger partial charge on any atom is -0.206 e. The van der Waals surface area contributed by atoms with E-state index in [-0.39, 0.29) is 5.56 Å². The summed E-state index contributed by atoms with van der Waals surface area (Å²) in [6, 6.07) is 10.2. The average Bonchev–Trinajstić information content (AvgIpc) is 3.11. The van der Waals surface area contributed by atoms with Crippen molar-refractivity contribution in [2.45, 2.75) is 51.9 Å². The number of aryl methyl sites for hydroxylation is 1. The van der Waals surface area contributed by atoms with E-state index >= 15 is 4.39 Å². The zero-order chi connectivity index (χ0) is 22.8. The first-order valence-electron chi connectivity index (χ1n) is 11.0. The van der Waals surface area contributed by atoms with Crippen LogP contribution < -0.4 is 0 Å². The largest absolute Gasteiger partial charge is 0.206 e. The van der Waals surface area contributed by atoms with Gasteiger partial charge in [0, 0.05) is 12.0 Å². The van der Waals surface area contributed by atoms with Gasteiger partial charge in [-0.05, 0) is 58.9 Å². The molecular formula is C27H23F4N. The third-order valence-electron chi connectivity index (χ3n) is 6.16. The highest BCUT2D eigenvalue weighted by molar-refractivity contribution is 5.81. The number of fused-ring (bicyclic) bond motifs is 3. The minimum atomic E-state index is -1.14. The van der Waals surface area contributed by atoms with Crippen LogP contribution in [0, 0.1) is 34.6 Å². The molecule has 1 aliphatic carbocycles. The molecule has 0 spiro atoms. The number of unbranched alkanes of at least 4 members (excludes halogenated alkanes) is 4. The SMILES string of the molecule is CCCCCCCc1ccc2c(c1)Cc1c-2cc(F)c(-c2cc(F)c(C#N)c(F)c2)c1F. The number of benzene rings is 3. The zero-order valence-electron chi connectivity index (χ0n) is 17.9. The third kappa shape index (κ3) is 4.02. The fraction of sp³-hybridized carbons (Fsp3) is 0.296. The predicted octanol–water partition coefficient (Wildman–Crippen LogP) is 7.87. The quantitative estimate of drug-likeness (QED) is 0.213. The van der Waals surface area contributed by atoms with Gasteiger partial charge in [-0.25, -0.2) is 17.6 Å². The normalized spacial score (nSPS) is 11.9. The fourth-order valence-electron chi connectivity index (χ4n) is 4.50. The molecule has 4 rings (SSSR count). The molecule has 0 bridgehead atoms. The summed E-state index contributed by atoms with van der Waals surface area (Å²) in [5.74, 6) is -4.00. The molecule has 3 aromatic rings. The maximum absolute atomic E-state index is 15.4. The van der Waals surface area contributed by atoms with Crippen LogP contribution in [0.1, 0.15) is 61.3 Å². The lowest BCUT2D eigenvalue weighted by Crippen LogP contribution is -1.99. The maximum atomic E-state index is 15.4. The summed E-state index contributed by atoms with van der Waals surface area (Å²) < 4.78 is 58.4. The Hall–Kier alpha value is -3.13. The molecule has 0 aromatic heterocycles. The van der Waals surface area contributed by atoms with E-state index in [2.05, 4.69) is 6.92 Å². The van der Waals surface area contributed by atoms with E-state index < -0.39 is 34.4 Å². The van der Waals surface area contributed by atoms with Crippen LogP contribution in [-0.2, 0) is 12.8 Å². The molecule has 164 valence electrons. The monoisotopic (exact) mass is 437 g/mol. The number of hydrogen-bond donors (Lipinski definition) is 0. The molecule has 1 nitrogen and oxygen atoms in total. The van der Waals surface area contributed by atoms with Crippen molar-refractivity contribution < 1.29 is 17.6 Å². The number of halogens is 4. The Labute approximate surface area is 185 Å². The van der Waals surface area contributed by atoms with Crippen molar-refractivity contribution in [3.05, 3.63) is 81.9 Å². The number of rotatable bonds is 7. The second-order valence-electron chi connectivity index (χ2n) is 8.33. The van der Waals surface area contributed by atoms with Crippen LogP contribution in [0.4, 0.5) is 17.6 Å². The molecule has 1 aliphatic rings. The number of hydrogen-bond acceptors (Lipinski definition) is 1. The predicted molar refractivity (Wildman–Crippen MR) is 117 cm³/mol. The zero-order valence-corrected chi connectivity index (χ0v) is 17.9. The topological polar surface area (TPSA) is 23.8 Å². The van der Waals surface area contributed by atoms with E-state index in [4.69, 9.17) is 5.26 Å². The summed E-state index contributed by atoms with van der Waals surface area (Å²) in [7, 11) is 0. The minimum absolute atomic E-state index is 0.263. The Bertz CT molecular complexity index is 1200. The van der Waals surface area contributed by atoms with Crippen molar-refractivity contribution in [3.8, 4) is 28.3 Å². The Morgan fingerprint density at radius 2 is 1.56 bits per heavy atom. The molecule has 0 amide bonds. The van der Waals surface area contributed by atoms with Gasteiger partial charge in [-0.1, -0.05) is 50.8 Å². The van der Waals surface area contributed by atoms with E-state index in [1.165, 1.54) is 43.4 Å². The average molecular weight is 437 g/mol. The van der Waals surface area contributed by atoms with Crippen LogP contribution >= 0.6 is 0 Å². The van der Waals surface area contributed by atoms with Crippen molar-refractivity contribution in [1.29, 1.82) is 5.26 Å². The van der Waals surface area contributed by atoms with Crippen molar-refractivity contribution in [3.63, 3.8) is 0 Å². The molecular weight excluding hydrogens is 414 g/mol. The molecule has 32 heavy (non-hydrogen) atoms. The Morgan fingerprint density at radius 1 is 0.844 bits per heavy atom. The lowest BCUT2D eigenvalue weighted by Gasteiger charge is -2.11. The van der Waals surface area contributed by atoms with Crippen LogP contribution in [0.15, 0.2) is 36.4 Å². The van der Waals surface area contributed by atoms with Gasteiger partial charge < -0.3 is 0 Å². The molecule has 0 heterocycles. The van der Waals surface area contributed by atoms with Gasteiger partial charge in [0.2, 0.25) is 0 Å². The van der Waals surface area contributed by atoms with Crippen molar-refractivity contribution >= 4 is 0 Å². The molecule has 5 heteroatoms. The smallest absolute Gasteiger partial charge is 0.144 e. The van der Waals surface area contributed by atoms with Gasteiger partial charge in [0.25, 0.3) is 0 Å². The molecule has 0 atom stereocenters. The molecule has 0 saturated carbocycles. The van der Waals surface area contributed by atoms with Gasteiger partial charge in [-0.2, -0.15) is 5.26 Å². The summed E-state index contributed by atoms with van der Waals surface area (Å²) in [4.78, 5) is 0. The highest BCUT2D eigenvalue weighted by Gasteiger charge is 2.28. The van der Waals surface area contributed by atoms with Crippen molar-refractivity contribution in [2.24, 2.45) is 0 Å². The van der Waals surface area contributed by atoms with Crippen LogP contribution in [0.3, 0.4) is 0 Å². The molecule has 0 N–H and O–H groups in total. The second kappa shape index (κ2) is 9.16. The Kier molecular flexibility index (Phi) is 6.32. The summed E-state index contributed by atoms with van der Waals surface area (Å²) in [6.07, 6.45) is 7.16. The molecule has 0 fully saturated rings. The van der Waals surface area contributed by atoms with Crippen LogP contribution in [0.2, 0.25) is 0 Å². The first kappa shape index (κ1) is 22.1. The van der Waals surface area contributed by atoms with Crippen molar-refractivity contribution in [2.75, 3.05) is 0 Å². The highest BCUT2D eigenvalue weighted by Crippen LogP contribution is 2.43. The first-order chi connectivity index (χ1) is 15.4. The molecule has 0 radical (unpaired) electrons. The van der Waals surface area contributed by atoms with Crippen LogP contribution in [-0.4, -0.2) is 0 Å². The summed E-state index contributed by atoms with van der Waals surface area (Å²) >= 11 is 0. The number of nitriles is 1. The second-order valence-corrected chi connectivity index (χ2v) is 8.33. The van der Waals surface area contributed by atoms with Gasteiger partial charge in [0.05, 0.1) is 5.56 Å². The standard InChI is InChI=1S/C27H23F4N/c1-2-3-4-5-6-7-16-8-9-19-17(10-16)11-21-20(19)14-25(30)26(27(21)31)18-12-23(28)22(15-32)24(29)13-18/h8-10,12-14H,2-7,11H2,1H3. The van der Waals surface area contributed by atoms with Crippen LogP contribution in [0.5, 0.6) is 0 Å². The van der Waals surface area contributed by atoms with Gasteiger partial charge in [-0.15, -0.1) is 0 Å². The van der Waals surface area contributed by atoms with E-state index in [1.54, 1.807) is 0 Å².